The summed E-state index contributed by atoms with van der Waals surface area (Å²) in [6.45, 7) is 6.49. The third-order valence-corrected chi connectivity index (χ3v) is 5.19. The molecule has 0 aliphatic heterocycles. The molecule has 1 aromatic rings. The number of rotatable bonds is 6. The summed E-state index contributed by atoms with van der Waals surface area (Å²) in [4.78, 5) is 0. The highest BCUT2D eigenvalue weighted by Gasteiger charge is 2.25. The van der Waals surface area contributed by atoms with Crippen molar-refractivity contribution in [3.63, 3.8) is 0 Å². The molecule has 2 atom stereocenters. The van der Waals surface area contributed by atoms with E-state index in [9.17, 15) is 0 Å². The van der Waals surface area contributed by atoms with Crippen LogP contribution in [0.3, 0.4) is 0 Å². The van der Waals surface area contributed by atoms with Crippen molar-refractivity contribution >= 4 is 15.9 Å². The van der Waals surface area contributed by atoms with Crippen molar-refractivity contribution in [2.45, 2.75) is 65.2 Å². The van der Waals surface area contributed by atoms with E-state index in [0.717, 1.165) is 41.8 Å². The second-order valence-electron chi connectivity index (χ2n) is 5.51. The van der Waals surface area contributed by atoms with Crippen LogP contribution in [0.25, 0.3) is 0 Å². The first-order chi connectivity index (χ1) is 9.71. The fourth-order valence-electron chi connectivity index (χ4n) is 3.00. The van der Waals surface area contributed by atoms with Crippen molar-refractivity contribution in [1.82, 2.24) is 9.78 Å². The van der Waals surface area contributed by atoms with E-state index in [4.69, 9.17) is 10.5 Å². The van der Waals surface area contributed by atoms with E-state index in [1.807, 2.05) is 4.68 Å². The van der Waals surface area contributed by atoms with Gasteiger partial charge in [0.1, 0.15) is 0 Å². The van der Waals surface area contributed by atoms with E-state index in [-0.39, 0.29) is 0 Å². The van der Waals surface area contributed by atoms with Crippen LogP contribution in [-0.4, -0.2) is 22.4 Å². The molecule has 0 bridgehead atoms. The first-order valence-corrected chi connectivity index (χ1v) is 8.56. The Morgan fingerprint density at radius 2 is 2.10 bits per heavy atom. The maximum absolute atomic E-state index is 6.18. The Morgan fingerprint density at radius 3 is 2.75 bits per heavy atom. The Hall–Kier alpha value is -0.390. The van der Waals surface area contributed by atoms with Gasteiger partial charge >= 0.3 is 0 Å². The average molecular weight is 344 g/mol. The molecular weight excluding hydrogens is 318 g/mol. The van der Waals surface area contributed by atoms with Crippen LogP contribution in [0.15, 0.2) is 4.47 Å². The first-order valence-electron chi connectivity index (χ1n) is 7.76. The number of nitrogens with two attached hydrogens (primary N) is 1. The maximum atomic E-state index is 6.18. The van der Waals surface area contributed by atoms with E-state index in [0.29, 0.717) is 18.6 Å². The van der Waals surface area contributed by atoms with Gasteiger partial charge < -0.3 is 10.5 Å². The zero-order chi connectivity index (χ0) is 14.5. The highest BCUT2D eigenvalue weighted by molar-refractivity contribution is 9.10. The van der Waals surface area contributed by atoms with E-state index in [1.165, 1.54) is 19.3 Å². The molecule has 0 spiro atoms. The summed E-state index contributed by atoms with van der Waals surface area (Å²) in [6.07, 6.45) is 6.14. The fourth-order valence-corrected chi connectivity index (χ4v) is 3.68. The van der Waals surface area contributed by atoms with Gasteiger partial charge in [-0.2, -0.15) is 5.10 Å². The lowest BCUT2D eigenvalue weighted by Crippen LogP contribution is -2.33. The van der Waals surface area contributed by atoms with Gasteiger partial charge in [0.05, 0.1) is 28.6 Å². The van der Waals surface area contributed by atoms with Gasteiger partial charge in [0.2, 0.25) is 0 Å². The summed E-state index contributed by atoms with van der Waals surface area (Å²) in [5.74, 6) is 0.520. The van der Waals surface area contributed by atoms with Crippen LogP contribution in [0.5, 0.6) is 0 Å². The largest absolute Gasteiger partial charge is 0.372 e. The number of hydrogen-bond acceptors (Lipinski definition) is 3. The highest BCUT2D eigenvalue weighted by atomic mass is 79.9. The van der Waals surface area contributed by atoms with Crippen molar-refractivity contribution in [3.8, 4) is 0 Å². The van der Waals surface area contributed by atoms with Crippen LogP contribution in [0.2, 0.25) is 0 Å². The van der Waals surface area contributed by atoms with Crippen LogP contribution < -0.4 is 5.73 Å². The Labute approximate surface area is 130 Å². The molecule has 1 heterocycles. The van der Waals surface area contributed by atoms with Crippen molar-refractivity contribution < 1.29 is 4.74 Å². The van der Waals surface area contributed by atoms with E-state index < -0.39 is 0 Å². The second kappa shape index (κ2) is 7.57. The first kappa shape index (κ1) is 16.0. The molecular formula is C15H26BrN3O. The molecule has 0 saturated heterocycles. The Balaban J connectivity index is 2.04. The van der Waals surface area contributed by atoms with Crippen LogP contribution in [-0.2, 0) is 24.3 Å². The lowest BCUT2D eigenvalue weighted by atomic mass is 9.86. The van der Waals surface area contributed by atoms with Crippen molar-refractivity contribution in [3.05, 3.63) is 15.9 Å². The normalized spacial score (nSPS) is 23.2. The van der Waals surface area contributed by atoms with E-state index in [1.54, 1.807) is 0 Å². The summed E-state index contributed by atoms with van der Waals surface area (Å²) in [5.41, 5.74) is 8.14. The summed E-state index contributed by atoms with van der Waals surface area (Å²) >= 11 is 3.67. The number of ether oxygens (including phenoxy) is 1. The molecule has 0 radical (unpaired) electrons. The summed E-state index contributed by atoms with van der Waals surface area (Å²) < 4.78 is 9.34. The van der Waals surface area contributed by atoms with Crippen molar-refractivity contribution in [1.29, 1.82) is 0 Å². The Bertz CT molecular complexity index is 433. The molecule has 114 valence electrons. The zero-order valence-corrected chi connectivity index (χ0v) is 14.2. The van der Waals surface area contributed by atoms with Gasteiger partial charge in [0.15, 0.2) is 0 Å². The molecule has 1 saturated carbocycles. The van der Waals surface area contributed by atoms with Gasteiger partial charge in [-0.05, 0) is 54.6 Å². The minimum atomic E-state index is 0.311. The van der Waals surface area contributed by atoms with Crippen molar-refractivity contribution in [2.75, 3.05) is 6.54 Å². The molecule has 2 unspecified atom stereocenters. The minimum Gasteiger partial charge on any atom is -0.372 e. The van der Waals surface area contributed by atoms with Crippen LogP contribution >= 0.6 is 15.9 Å². The Kier molecular flexibility index (Phi) is 6.05. The number of aryl methyl sites for hydroxylation is 2. The summed E-state index contributed by atoms with van der Waals surface area (Å²) in [6, 6.07) is 0. The molecule has 1 aliphatic carbocycles. The van der Waals surface area contributed by atoms with Gasteiger partial charge in [0, 0.05) is 6.54 Å². The van der Waals surface area contributed by atoms with Gasteiger partial charge in [0.25, 0.3) is 0 Å². The van der Waals surface area contributed by atoms with Gasteiger partial charge in [-0.15, -0.1) is 0 Å². The standard InChI is InChI=1S/C15H26BrN3O/c1-3-12-15(16)13(19(4-2)18-12)10-20-14-8-6-5-7-11(14)9-17/h11,14H,3-10,17H2,1-2H3. The zero-order valence-electron chi connectivity index (χ0n) is 12.6. The predicted molar refractivity (Wildman–Crippen MR) is 84.6 cm³/mol. The van der Waals surface area contributed by atoms with E-state index >= 15 is 0 Å². The fraction of sp³-hybridized carbons (Fsp3) is 0.800. The van der Waals surface area contributed by atoms with Crippen LogP contribution in [0.1, 0.15) is 50.9 Å². The van der Waals surface area contributed by atoms with Gasteiger partial charge in [-0.25, -0.2) is 0 Å². The third-order valence-electron chi connectivity index (χ3n) is 4.27. The summed E-state index contributed by atoms with van der Waals surface area (Å²) in [5, 5.41) is 4.61. The molecule has 20 heavy (non-hydrogen) atoms. The molecule has 2 N–H and O–H groups in total. The number of aromatic nitrogens is 2. The molecule has 2 rings (SSSR count). The van der Waals surface area contributed by atoms with Crippen LogP contribution in [0.4, 0.5) is 0 Å². The minimum absolute atomic E-state index is 0.311. The van der Waals surface area contributed by atoms with E-state index in [2.05, 4.69) is 34.9 Å². The Morgan fingerprint density at radius 1 is 1.35 bits per heavy atom. The molecule has 4 nitrogen and oxygen atoms in total. The van der Waals surface area contributed by atoms with Gasteiger partial charge in [-0.3, -0.25) is 4.68 Å². The average Bonchev–Trinajstić information content (AvgIpc) is 2.81. The molecule has 1 aliphatic rings. The SMILES string of the molecule is CCc1nn(CC)c(COC2CCCCC2CN)c1Br. The molecule has 0 aromatic carbocycles. The third kappa shape index (κ3) is 3.43. The molecule has 0 amide bonds. The predicted octanol–water partition coefficient (Wildman–Crippen LogP) is 3.26. The topological polar surface area (TPSA) is 53.1 Å². The highest BCUT2D eigenvalue weighted by Crippen LogP contribution is 2.29. The van der Waals surface area contributed by atoms with Crippen molar-refractivity contribution in [2.24, 2.45) is 11.7 Å². The number of hydrogen-bond donors (Lipinski definition) is 1. The lowest BCUT2D eigenvalue weighted by molar-refractivity contribution is -0.0211. The molecule has 5 heteroatoms. The smallest absolute Gasteiger partial charge is 0.0900 e. The molecule has 1 fully saturated rings. The molecule has 1 aromatic heterocycles. The monoisotopic (exact) mass is 343 g/mol. The number of nitrogens with zero attached hydrogens (tertiary/aromatic N) is 2. The lowest BCUT2D eigenvalue weighted by Gasteiger charge is -2.30. The quantitative estimate of drug-likeness (QED) is 0.862. The van der Waals surface area contributed by atoms with Gasteiger partial charge in [-0.1, -0.05) is 19.8 Å². The summed E-state index contributed by atoms with van der Waals surface area (Å²) in [7, 11) is 0. The second-order valence-corrected chi connectivity index (χ2v) is 6.30. The number of halogens is 1. The van der Waals surface area contributed by atoms with Crippen LogP contribution in [0, 0.1) is 5.92 Å². The maximum Gasteiger partial charge on any atom is 0.0900 e.